The van der Waals surface area contributed by atoms with E-state index in [2.05, 4.69) is 17.2 Å². The molecule has 2 aromatic rings. The molecule has 2 heterocycles. The summed E-state index contributed by atoms with van der Waals surface area (Å²) in [7, 11) is 0. The highest BCUT2D eigenvalue weighted by atomic mass is 16.3. The van der Waals surface area contributed by atoms with Crippen molar-refractivity contribution in [2.75, 3.05) is 6.54 Å². The monoisotopic (exact) mass is 206 g/mol. The van der Waals surface area contributed by atoms with Crippen LogP contribution in [0.5, 0.6) is 0 Å². The lowest BCUT2D eigenvalue weighted by Gasteiger charge is -2.00. The number of H-pyrrole nitrogens is 1. The summed E-state index contributed by atoms with van der Waals surface area (Å²) in [5, 5.41) is 2.84. The second-order valence-corrected chi connectivity index (χ2v) is 3.49. The van der Waals surface area contributed by atoms with Gasteiger partial charge in [0.25, 0.3) is 5.91 Å². The van der Waals surface area contributed by atoms with E-state index >= 15 is 0 Å². The van der Waals surface area contributed by atoms with Crippen LogP contribution in [-0.4, -0.2) is 17.4 Å². The van der Waals surface area contributed by atoms with Crippen molar-refractivity contribution < 1.29 is 9.21 Å². The summed E-state index contributed by atoms with van der Waals surface area (Å²) >= 11 is 0. The number of aromatic amines is 1. The van der Waals surface area contributed by atoms with Gasteiger partial charge in [-0.1, -0.05) is 13.3 Å². The minimum absolute atomic E-state index is 0.0742. The van der Waals surface area contributed by atoms with E-state index in [0.717, 1.165) is 30.5 Å². The molecule has 80 valence electrons. The molecule has 0 aromatic carbocycles. The standard InChI is InChI=1S/C11H14N2O2/c1-2-3-5-12-11(14)9-7-10-8(13-9)4-6-15-10/h4,6-7,13H,2-3,5H2,1H3,(H,12,14). The predicted molar refractivity (Wildman–Crippen MR) is 57.8 cm³/mol. The van der Waals surface area contributed by atoms with Crippen LogP contribution >= 0.6 is 0 Å². The van der Waals surface area contributed by atoms with E-state index in [1.165, 1.54) is 0 Å². The molecular weight excluding hydrogens is 192 g/mol. The molecule has 2 rings (SSSR count). The Morgan fingerprint density at radius 1 is 1.60 bits per heavy atom. The highest BCUT2D eigenvalue weighted by molar-refractivity contribution is 5.96. The Kier molecular flexibility index (Phi) is 2.76. The number of fused-ring (bicyclic) bond motifs is 1. The van der Waals surface area contributed by atoms with Gasteiger partial charge in [-0.05, 0) is 6.42 Å². The van der Waals surface area contributed by atoms with Crippen LogP contribution < -0.4 is 5.32 Å². The molecule has 0 saturated carbocycles. The second kappa shape index (κ2) is 4.21. The van der Waals surface area contributed by atoms with Gasteiger partial charge in [0.05, 0.1) is 11.8 Å². The first-order valence-corrected chi connectivity index (χ1v) is 5.15. The summed E-state index contributed by atoms with van der Waals surface area (Å²) in [6.07, 6.45) is 3.68. The Morgan fingerprint density at radius 2 is 2.47 bits per heavy atom. The van der Waals surface area contributed by atoms with Crippen molar-refractivity contribution in [2.24, 2.45) is 0 Å². The maximum absolute atomic E-state index is 11.6. The Labute approximate surface area is 87.7 Å². The predicted octanol–water partition coefficient (Wildman–Crippen LogP) is 2.29. The van der Waals surface area contributed by atoms with E-state index in [1.807, 2.05) is 0 Å². The molecule has 2 N–H and O–H groups in total. The number of rotatable bonds is 4. The third kappa shape index (κ3) is 2.03. The molecule has 0 spiro atoms. The van der Waals surface area contributed by atoms with Crippen molar-refractivity contribution in [3.8, 4) is 0 Å². The zero-order chi connectivity index (χ0) is 10.7. The average Bonchev–Trinajstić information content (AvgIpc) is 2.76. The lowest BCUT2D eigenvalue weighted by Crippen LogP contribution is -2.24. The molecule has 0 aliphatic carbocycles. The number of nitrogens with one attached hydrogen (secondary N) is 2. The number of unbranched alkanes of at least 4 members (excludes halogenated alkanes) is 1. The number of amides is 1. The highest BCUT2D eigenvalue weighted by Gasteiger charge is 2.09. The lowest BCUT2D eigenvalue weighted by molar-refractivity contribution is 0.0949. The molecule has 0 saturated heterocycles. The van der Waals surface area contributed by atoms with Gasteiger partial charge in [0.15, 0.2) is 5.58 Å². The van der Waals surface area contributed by atoms with Crippen molar-refractivity contribution in [1.29, 1.82) is 0 Å². The largest absolute Gasteiger partial charge is 0.463 e. The fourth-order valence-corrected chi connectivity index (χ4v) is 1.44. The molecule has 2 aromatic heterocycles. The van der Waals surface area contributed by atoms with Crippen molar-refractivity contribution in [1.82, 2.24) is 10.3 Å². The summed E-state index contributed by atoms with van der Waals surface area (Å²) < 4.78 is 5.16. The minimum Gasteiger partial charge on any atom is -0.463 e. The molecule has 0 unspecified atom stereocenters. The Bertz CT molecular complexity index is 427. The normalized spacial score (nSPS) is 10.7. The topological polar surface area (TPSA) is 58.0 Å². The quantitative estimate of drug-likeness (QED) is 0.754. The van der Waals surface area contributed by atoms with Crippen LogP contribution in [0.2, 0.25) is 0 Å². The van der Waals surface area contributed by atoms with Crippen LogP contribution in [0, 0.1) is 0 Å². The summed E-state index contributed by atoms with van der Waals surface area (Å²) in [6, 6.07) is 3.52. The molecule has 0 radical (unpaired) electrons. The van der Waals surface area contributed by atoms with Gasteiger partial charge in [0, 0.05) is 18.7 Å². The molecule has 0 atom stereocenters. The fraction of sp³-hybridized carbons (Fsp3) is 0.364. The number of hydrogen-bond donors (Lipinski definition) is 2. The summed E-state index contributed by atoms with van der Waals surface area (Å²) in [5.41, 5.74) is 2.13. The van der Waals surface area contributed by atoms with Crippen molar-refractivity contribution >= 4 is 17.0 Å². The van der Waals surface area contributed by atoms with Gasteiger partial charge in [0.2, 0.25) is 0 Å². The minimum atomic E-state index is -0.0742. The van der Waals surface area contributed by atoms with Gasteiger partial charge in [-0.3, -0.25) is 4.79 Å². The van der Waals surface area contributed by atoms with Crippen LogP contribution in [0.1, 0.15) is 30.3 Å². The van der Waals surface area contributed by atoms with Gasteiger partial charge in [-0.25, -0.2) is 0 Å². The molecule has 0 bridgehead atoms. The average molecular weight is 206 g/mol. The maximum atomic E-state index is 11.6. The van der Waals surface area contributed by atoms with E-state index in [1.54, 1.807) is 18.4 Å². The van der Waals surface area contributed by atoms with Gasteiger partial charge in [-0.15, -0.1) is 0 Å². The number of furan rings is 1. The molecule has 0 aliphatic rings. The van der Waals surface area contributed by atoms with E-state index in [9.17, 15) is 4.79 Å². The maximum Gasteiger partial charge on any atom is 0.267 e. The fourth-order valence-electron chi connectivity index (χ4n) is 1.44. The Morgan fingerprint density at radius 3 is 3.20 bits per heavy atom. The zero-order valence-corrected chi connectivity index (χ0v) is 8.67. The SMILES string of the molecule is CCCCNC(=O)c1cc2occc2[nH]1. The lowest BCUT2D eigenvalue weighted by atomic mass is 10.3. The van der Waals surface area contributed by atoms with Crippen molar-refractivity contribution in [2.45, 2.75) is 19.8 Å². The summed E-state index contributed by atoms with van der Waals surface area (Å²) in [5.74, 6) is -0.0742. The van der Waals surface area contributed by atoms with Crippen LogP contribution in [0.4, 0.5) is 0 Å². The molecule has 15 heavy (non-hydrogen) atoms. The van der Waals surface area contributed by atoms with E-state index in [-0.39, 0.29) is 5.91 Å². The van der Waals surface area contributed by atoms with E-state index in [4.69, 9.17) is 4.42 Å². The molecule has 4 nitrogen and oxygen atoms in total. The first kappa shape index (κ1) is 9.83. The summed E-state index contributed by atoms with van der Waals surface area (Å²) in [4.78, 5) is 14.6. The van der Waals surface area contributed by atoms with Gasteiger partial charge in [-0.2, -0.15) is 0 Å². The number of hydrogen-bond acceptors (Lipinski definition) is 2. The molecule has 0 fully saturated rings. The smallest absolute Gasteiger partial charge is 0.267 e. The van der Waals surface area contributed by atoms with Crippen LogP contribution in [0.3, 0.4) is 0 Å². The molecule has 0 aliphatic heterocycles. The Hall–Kier alpha value is -1.71. The third-order valence-electron chi connectivity index (χ3n) is 2.30. The first-order chi connectivity index (χ1) is 7.31. The molecular formula is C11H14N2O2. The highest BCUT2D eigenvalue weighted by Crippen LogP contribution is 2.15. The van der Waals surface area contributed by atoms with Crippen molar-refractivity contribution in [3.63, 3.8) is 0 Å². The summed E-state index contributed by atoms with van der Waals surface area (Å²) in [6.45, 7) is 2.81. The molecule has 1 amide bonds. The van der Waals surface area contributed by atoms with Gasteiger partial charge in [0.1, 0.15) is 5.69 Å². The second-order valence-electron chi connectivity index (χ2n) is 3.49. The Balaban J connectivity index is 2.04. The third-order valence-corrected chi connectivity index (χ3v) is 2.30. The van der Waals surface area contributed by atoms with Crippen LogP contribution in [0.15, 0.2) is 22.8 Å². The van der Waals surface area contributed by atoms with Crippen LogP contribution in [-0.2, 0) is 0 Å². The van der Waals surface area contributed by atoms with Crippen molar-refractivity contribution in [3.05, 3.63) is 24.1 Å². The van der Waals surface area contributed by atoms with Crippen LogP contribution in [0.25, 0.3) is 11.1 Å². The zero-order valence-electron chi connectivity index (χ0n) is 8.67. The number of carbonyl (C=O) groups is 1. The molecule has 4 heteroatoms. The number of aromatic nitrogens is 1. The van der Waals surface area contributed by atoms with Gasteiger partial charge >= 0.3 is 0 Å². The number of carbonyl (C=O) groups excluding carboxylic acids is 1. The van der Waals surface area contributed by atoms with E-state index in [0.29, 0.717) is 5.69 Å². The van der Waals surface area contributed by atoms with Gasteiger partial charge < -0.3 is 14.7 Å². The first-order valence-electron chi connectivity index (χ1n) is 5.15. The van der Waals surface area contributed by atoms with E-state index < -0.39 is 0 Å².